The fourth-order valence-corrected chi connectivity index (χ4v) is 3.08. The van der Waals surface area contributed by atoms with Gasteiger partial charge in [0.1, 0.15) is 11.5 Å². The Morgan fingerprint density at radius 3 is 2.52 bits per heavy atom. The third-order valence-electron chi connectivity index (χ3n) is 4.56. The molecule has 1 atom stereocenters. The number of fused-ring (bicyclic) bond motifs is 1. The second kappa shape index (κ2) is 8.64. The fourth-order valence-electron chi connectivity index (χ4n) is 3.08. The van der Waals surface area contributed by atoms with Crippen molar-refractivity contribution < 1.29 is 23.9 Å². The van der Waals surface area contributed by atoms with E-state index >= 15 is 0 Å². The molecule has 3 amide bonds. The molecular formula is C21H23N3O5. The second-order valence-electron chi connectivity index (χ2n) is 6.67. The van der Waals surface area contributed by atoms with Crippen molar-refractivity contribution >= 4 is 29.1 Å². The van der Waals surface area contributed by atoms with Gasteiger partial charge in [-0.25, -0.2) is 0 Å². The van der Waals surface area contributed by atoms with Crippen LogP contribution in [0.2, 0.25) is 0 Å². The van der Waals surface area contributed by atoms with Gasteiger partial charge in [-0.3, -0.25) is 14.4 Å². The molecule has 8 nitrogen and oxygen atoms in total. The van der Waals surface area contributed by atoms with Crippen LogP contribution in [0.1, 0.15) is 6.92 Å². The van der Waals surface area contributed by atoms with E-state index in [0.29, 0.717) is 22.9 Å². The van der Waals surface area contributed by atoms with E-state index in [1.807, 2.05) is 0 Å². The summed E-state index contributed by atoms with van der Waals surface area (Å²) in [5.74, 6) is 0.239. The van der Waals surface area contributed by atoms with Gasteiger partial charge >= 0.3 is 0 Å². The van der Waals surface area contributed by atoms with E-state index in [2.05, 4.69) is 5.32 Å². The number of para-hydroxylation sites is 2. The molecular weight excluding hydrogens is 374 g/mol. The molecule has 0 spiro atoms. The lowest BCUT2D eigenvalue weighted by atomic mass is 10.1. The normalized spacial score (nSPS) is 15.0. The molecule has 0 saturated carbocycles. The van der Waals surface area contributed by atoms with E-state index in [4.69, 9.17) is 9.47 Å². The summed E-state index contributed by atoms with van der Waals surface area (Å²) in [5.41, 5.74) is 1.23. The summed E-state index contributed by atoms with van der Waals surface area (Å²) in [6.07, 6.45) is -0.882. The van der Waals surface area contributed by atoms with Crippen LogP contribution in [0.4, 0.5) is 11.4 Å². The molecule has 1 aliphatic heterocycles. The van der Waals surface area contributed by atoms with E-state index in [9.17, 15) is 14.4 Å². The summed E-state index contributed by atoms with van der Waals surface area (Å²) in [6.45, 7) is 1.39. The topological polar surface area (TPSA) is 88.2 Å². The largest absolute Gasteiger partial charge is 0.497 e. The zero-order chi connectivity index (χ0) is 21.0. The van der Waals surface area contributed by atoms with Crippen LogP contribution in [0.3, 0.4) is 0 Å². The third-order valence-corrected chi connectivity index (χ3v) is 4.56. The van der Waals surface area contributed by atoms with Crippen molar-refractivity contribution in [3.8, 4) is 11.5 Å². The standard InChI is InChI=1S/C21H23N3O5/c1-14(25)24-12-19(29-18-7-5-4-6-17(18)24)21(27)23(2)13-20(26)22-15-8-10-16(28-3)11-9-15/h4-11,19H,12-13H2,1-3H3,(H,22,26). The van der Waals surface area contributed by atoms with Crippen molar-refractivity contribution in [2.24, 2.45) is 0 Å². The van der Waals surface area contributed by atoms with Crippen molar-refractivity contribution in [2.45, 2.75) is 13.0 Å². The first-order chi connectivity index (χ1) is 13.9. The van der Waals surface area contributed by atoms with Gasteiger partial charge in [0.15, 0.2) is 6.10 Å². The van der Waals surface area contributed by atoms with E-state index in [-0.39, 0.29) is 30.8 Å². The van der Waals surface area contributed by atoms with Crippen LogP contribution in [0.15, 0.2) is 48.5 Å². The van der Waals surface area contributed by atoms with Gasteiger partial charge in [-0.05, 0) is 36.4 Å². The summed E-state index contributed by atoms with van der Waals surface area (Å²) < 4.78 is 10.9. The second-order valence-corrected chi connectivity index (χ2v) is 6.67. The number of hydrogen-bond acceptors (Lipinski definition) is 5. The zero-order valence-corrected chi connectivity index (χ0v) is 16.5. The van der Waals surface area contributed by atoms with Crippen LogP contribution >= 0.6 is 0 Å². The van der Waals surface area contributed by atoms with Gasteiger partial charge in [0.2, 0.25) is 11.8 Å². The summed E-state index contributed by atoms with van der Waals surface area (Å²) >= 11 is 0. The highest BCUT2D eigenvalue weighted by Gasteiger charge is 2.34. The molecule has 0 saturated heterocycles. The van der Waals surface area contributed by atoms with Crippen molar-refractivity contribution in [2.75, 3.05) is 37.5 Å². The van der Waals surface area contributed by atoms with E-state index in [1.54, 1.807) is 55.6 Å². The summed E-state index contributed by atoms with van der Waals surface area (Å²) in [7, 11) is 3.09. The number of methoxy groups -OCH3 is 1. The van der Waals surface area contributed by atoms with Crippen LogP contribution in [0.5, 0.6) is 11.5 Å². The Morgan fingerprint density at radius 1 is 1.17 bits per heavy atom. The molecule has 3 rings (SSSR count). The van der Waals surface area contributed by atoms with Crippen LogP contribution in [-0.4, -0.2) is 56.0 Å². The summed E-state index contributed by atoms with van der Waals surface area (Å²) in [5, 5.41) is 2.73. The van der Waals surface area contributed by atoms with Gasteiger partial charge in [-0.1, -0.05) is 12.1 Å². The molecule has 1 heterocycles. The zero-order valence-electron chi connectivity index (χ0n) is 16.5. The number of anilines is 2. The summed E-state index contributed by atoms with van der Waals surface area (Å²) in [6, 6.07) is 13.9. The minimum absolute atomic E-state index is 0.0929. The monoisotopic (exact) mass is 397 g/mol. The maximum atomic E-state index is 12.8. The van der Waals surface area contributed by atoms with E-state index in [1.165, 1.54) is 23.8 Å². The Labute approximate surface area is 169 Å². The maximum absolute atomic E-state index is 12.8. The van der Waals surface area contributed by atoms with E-state index < -0.39 is 6.10 Å². The Kier molecular flexibility index (Phi) is 6.01. The van der Waals surface area contributed by atoms with Crippen molar-refractivity contribution in [3.63, 3.8) is 0 Å². The van der Waals surface area contributed by atoms with Crippen LogP contribution < -0.4 is 19.7 Å². The molecule has 8 heteroatoms. The lowest BCUT2D eigenvalue weighted by molar-refractivity contribution is -0.139. The van der Waals surface area contributed by atoms with Crippen molar-refractivity contribution in [1.29, 1.82) is 0 Å². The molecule has 0 bridgehead atoms. The number of amides is 3. The maximum Gasteiger partial charge on any atom is 0.265 e. The van der Waals surface area contributed by atoms with Crippen molar-refractivity contribution in [3.05, 3.63) is 48.5 Å². The predicted octanol–water partition coefficient (Wildman–Crippen LogP) is 1.91. The van der Waals surface area contributed by atoms with E-state index in [0.717, 1.165) is 0 Å². The Bertz CT molecular complexity index is 913. The van der Waals surface area contributed by atoms with Gasteiger partial charge in [-0.2, -0.15) is 0 Å². The molecule has 1 N–H and O–H groups in total. The van der Waals surface area contributed by atoms with Crippen LogP contribution in [-0.2, 0) is 14.4 Å². The molecule has 0 aliphatic carbocycles. The lowest BCUT2D eigenvalue weighted by Gasteiger charge is -2.35. The molecule has 2 aromatic carbocycles. The number of ether oxygens (including phenoxy) is 2. The quantitative estimate of drug-likeness (QED) is 0.833. The number of likely N-dealkylation sites (N-methyl/N-ethyl adjacent to an activating group) is 1. The molecule has 152 valence electrons. The number of nitrogens with zero attached hydrogens (tertiary/aromatic N) is 2. The Balaban J connectivity index is 1.63. The highest BCUT2D eigenvalue weighted by Crippen LogP contribution is 2.33. The average Bonchev–Trinajstić information content (AvgIpc) is 2.72. The molecule has 1 aliphatic rings. The van der Waals surface area contributed by atoms with Gasteiger partial charge in [0.25, 0.3) is 5.91 Å². The minimum atomic E-state index is -0.882. The molecule has 1 unspecified atom stereocenters. The number of benzene rings is 2. The molecule has 29 heavy (non-hydrogen) atoms. The highest BCUT2D eigenvalue weighted by molar-refractivity contribution is 5.97. The van der Waals surface area contributed by atoms with Gasteiger partial charge in [0.05, 0.1) is 25.9 Å². The molecule has 0 radical (unpaired) electrons. The molecule has 0 fully saturated rings. The predicted molar refractivity (Wildman–Crippen MR) is 108 cm³/mol. The first kappa shape index (κ1) is 20.2. The van der Waals surface area contributed by atoms with Gasteiger partial charge in [0, 0.05) is 19.7 Å². The third kappa shape index (κ3) is 4.66. The molecule has 0 aromatic heterocycles. The average molecular weight is 397 g/mol. The number of carbonyl (C=O) groups is 3. The highest BCUT2D eigenvalue weighted by atomic mass is 16.5. The SMILES string of the molecule is COc1ccc(NC(=O)CN(C)C(=O)C2CN(C(C)=O)c3ccccc3O2)cc1. The van der Waals surface area contributed by atoms with Crippen molar-refractivity contribution in [1.82, 2.24) is 4.90 Å². The summed E-state index contributed by atoms with van der Waals surface area (Å²) in [4.78, 5) is 39.9. The first-order valence-electron chi connectivity index (χ1n) is 9.11. The number of rotatable bonds is 5. The number of nitrogens with one attached hydrogen (secondary N) is 1. The number of carbonyl (C=O) groups excluding carboxylic acids is 3. The van der Waals surface area contributed by atoms with Crippen LogP contribution in [0, 0.1) is 0 Å². The fraction of sp³-hybridized carbons (Fsp3) is 0.286. The smallest absolute Gasteiger partial charge is 0.265 e. The minimum Gasteiger partial charge on any atom is -0.497 e. The Morgan fingerprint density at radius 2 is 1.86 bits per heavy atom. The number of hydrogen-bond donors (Lipinski definition) is 1. The first-order valence-corrected chi connectivity index (χ1v) is 9.11. The van der Waals surface area contributed by atoms with Crippen LogP contribution in [0.25, 0.3) is 0 Å². The van der Waals surface area contributed by atoms with Gasteiger partial charge < -0.3 is 24.6 Å². The lowest BCUT2D eigenvalue weighted by Crippen LogP contribution is -2.51. The van der Waals surface area contributed by atoms with Gasteiger partial charge in [-0.15, -0.1) is 0 Å². The Hall–Kier alpha value is -3.55. The molecule has 2 aromatic rings.